The van der Waals surface area contributed by atoms with Crippen LogP contribution in [0.3, 0.4) is 0 Å². The van der Waals surface area contributed by atoms with Gasteiger partial charge >= 0.3 is 5.97 Å². The molecule has 2 atom stereocenters. The number of aliphatic carboxylic acids is 1. The van der Waals surface area contributed by atoms with Crippen molar-refractivity contribution in [2.75, 3.05) is 23.3 Å². The fourth-order valence-corrected chi connectivity index (χ4v) is 5.01. The summed E-state index contributed by atoms with van der Waals surface area (Å²) in [5.74, 6) is -1.25. The van der Waals surface area contributed by atoms with Crippen molar-refractivity contribution in [1.29, 1.82) is 0 Å². The van der Waals surface area contributed by atoms with Crippen molar-refractivity contribution in [3.05, 3.63) is 59.4 Å². The zero-order valence-corrected chi connectivity index (χ0v) is 21.1. The number of nitrogens with zero attached hydrogens (tertiary/aromatic N) is 1. The summed E-state index contributed by atoms with van der Waals surface area (Å²) < 4.78 is 14.1. The van der Waals surface area contributed by atoms with Gasteiger partial charge in [-0.3, -0.25) is 9.59 Å². The smallest absolute Gasteiger partial charge is 0.307 e. The van der Waals surface area contributed by atoms with Gasteiger partial charge in [-0.2, -0.15) is 0 Å². The van der Waals surface area contributed by atoms with E-state index in [9.17, 15) is 19.1 Å². The lowest BCUT2D eigenvalue weighted by Crippen LogP contribution is -2.32. The largest absolute Gasteiger partial charge is 0.481 e. The molecule has 0 radical (unpaired) electrons. The highest BCUT2D eigenvalue weighted by atomic mass is 19.1. The Morgan fingerprint density at radius 1 is 1.06 bits per heavy atom. The van der Waals surface area contributed by atoms with Gasteiger partial charge < -0.3 is 15.3 Å². The van der Waals surface area contributed by atoms with Crippen LogP contribution in [0.2, 0.25) is 0 Å². The van der Waals surface area contributed by atoms with E-state index in [1.165, 1.54) is 6.07 Å². The predicted molar refractivity (Wildman–Crippen MR) is 135 cm³/mol. The highest BCUT2D eigenvalue weighted by Crippen LogP contribution is 2.64. The fourth-order valence-electron chi connectivity index (χ4n) is 5.01. The lowest BCUT2D eigenvalue weighted by molar-refractivity contribution is -0.139. The highest BCUT2D eigenvalue weighted by molar-refractivity contribution is 5.96. The predicted octanol–water partition coefficient (Wildman–Crippen LogP) is 5.95. The van der Waals surface area contributed by atoms with Crippen molar-refractivity contribution < 1.29 is 19.1 Å². The first kappa shape index (κ1) is 25.7. The van der Waals surface area contributed by atoms with Gasteiger partial charge in [0, 0.05) is 19.0 Å². The fraction of sp³-hybridized carbons (Fsp3) is 0.500. The maximum absolute atomic E-state index is 14.1. The maximum atomic E-state index is 14.1. The van der Waals surface area contributed by atoms with E-state index in [4.69, 9.17) is 0 Å². The number of halogens is 1. The van der Waals surface area contributed by atoms with Gasteiger partial charge in [0.25, 0.3) is 0 Å². The molecule has 0 spiro atoms. The molecular weight excluding hydrogens is 431 g/mol. The van der Waals surface area contributed by atoms with E-state index < -0.39 is 17.7 Å². The number of carboxylic acids is 1. The van der Waals surface area contributed by atoms with Crippen LogP contribution in [-0.2, 0) is 16.0 Å². The van der Waals surface area contributed by atoms with Gasteiger partial charge in [-0.1, -0.05) is 65.8 Å². The Balaban J connectivity index is 1.97. The molecule has 2 aromatic rings. The van der Waals surface area contributed by atoms with E-state index in [1.807, 2.05) is 32.0 Å². The van der Waals surface area contributed by atoms with Crippen LogP contribution in [0.25, 0.3) is 0 Å². The molecule has 1 fully saturated rings. The number of carbonyl (C=O) groups is 2. The molecule has 1 amide bonds. The Bertz CT molecular complexity index is 1040. The van der Waals surface area contributed by atoms with Crippen molar-refractivity contribution in [3.63, 3.8) is 0 Å². The monoisotopic (exact) mass is 468 g/mol. The number of anilines is 2. The van der Waals surface area contributed by atoms with E-state index in [0.717, 1.165) is 24.3 Å². The zero-order valence-electron chi connectivity index (χ0n) is 21.1. The minimum absolute atomic E-state index is 0.0720. The number of amides is 1. The first-order valence-electron chi connectivity index (χ1n) is 12.1. The molecular formula is C28H37FN2O3. The second-order valence-electron chi connectivity index (χ2n) is 10.9. The standard InChI is InChI=1S/C28H37FN2O3/c1-17(2)15-31(16-18(3)4)23-12-11-20(25-26(27(33)34)28(25,5)6)13-22(23)30-24(32)14-19-9-7-8-10-21(19)29/h7-13,17-18,25-26H,14-16H2,1-6H3,(H,30,32)(H,33,34)/t25-,26+/m1/s1. The normalized spacial score (nSPS) is 18.7. The lowest BCUT2D eigenvalue weighted by atomic mass is 10.0. The molecule has 0 saturated heterocycles. The van der Waals surface area contributed by atoms with Crippen LogP contribution in [0.4, 0.5) is 15.8 Å². The molecule has 5 nitrogen and oxygen atoms in total. The Labute approximate surface area is 202 Å². The molecule has 0 aromatic heterocycles. The van der Waals surface area contributed by atoms with E-state index in [0.29, 0.717) is 23.1 Å². The third kappa shape index (κ3) is 5.78. The summed E-state index contributed by atoms with van der Waals surface area (Å²) in [6.07, 6.45) is -0.0720. The van der Waals surface area contributed by atoms with Crippen LogP contribution in [0.5, 0.6) is 0 Å². The van der Waals surface area contributed by atoms with Gasteiger partial charge in [-0.25, -0.2) is 4.39 Å². The summed E-state index contributed by atoms with van der Waals surface area (Å²) in [4.78, 5) is 27.0. The van der Waals surface area contributed by atoms with Crippen LogP contribution < -0.4 is 10.2 Å². The molecule has 2 N–H and O–H groups in total. The van der Waals surface area contributed by atoms with Gasteiger partial charge in [-0.05, 0) is 46.6 Å². The average Bonchev–Trinajstić information content (AvgIpc) is 3.31. The molecule has 2 aromatic carbocycles. The van der Waals surface area contributed by atoms with Gasteiger partial charge in [0.1, 0.15) is 5.82 Å². The first-order chi connectivity index (χ1) is 15.9. The summed E-state index contributed by atoms with van der Waals surface area (Å²) in [5.41, 5.74) is 2.44. The van der Waals surface area contributed by atoms with Crippen molar-refractivity contribution >= 4 is 23.3 Å². The molecule has 0 bridgehead atoms. The summed E-state index contributed by atoms with van der Waals surface area (Å²) in [6, 6.07) is 12.2. The Morgan fingerprint density at radius 3 is 2.21 bits per heavy atom. The van der Waals surface area contributed by atoms with Crippen molar-refractivity contribution in [3.8, 4) is 0 Å². The molecule has 1 aliphatic carbocycles. The summed E-state index contributed by atoms with van der Waals surface area (Å²) in [7, 11) is 0. The topological polar surface area (TPSA) is 69.6 Å². The molecule has 0 unspecified atom stereocenters. The van der Waals surface area contributed by atoms with Crippen LogP contribution in [0.15, 0.2) is 42.5 Å². The third-order valence-corrected chi connectivity index (χ3v) is 6.57. The van der Waals surface area contributed by atoms with Crippen LogP contribution >= 0.6 is 0 Å². The number of hydrogen-bond acceptors (Lipinski definition) is 3. The Hall–Kier alpha value is -2.89. The highest BCUT2D eigenvalue weighted by Gasteiger charge is 2.62. The minimum Gasteiger partial charge on any atom is -0.481 e. The van der Waals surface area contributed by atoms with Crippen LogP contribution in [-0.4, -0.2) is 30.1 Å². The molecule has 34 heavy (non-hydrogen) atoms. The first-order valence-corrected chi connectivity index (χ1v) is 12.1. The molecule has 1 saturated carbocycles. The molecule has 184 valence electrons. The second kappa shape index (κ2) is 10.2. The Kier molecular flexibility index (Phi) is 7.69. The van der Waals surface area contributed by atoms with Gasteiger partial charge in [0.15, 0.2) is 0 Å². The second-order valence-corrected chi connectivity index (χ2v) is 10.9. The lowest BCUT2D eigenvalue weighted by Gasteiger charge is -2.31. The van der Waals surface area contributed by atoms with Crippen molar-refractivity contribution in [2.24, 2.45) is 23.2 Å². The van der Waals surface area contributed by atoms with E-state index >= 15 is 0 Å². The van der Waals surface area contributed by atoms with E-state index in [2.05, 4.69) is 37.9 Å². The molecule has 6 heteroatoms. The Morgan fingerprint density at radius 2 is 1.68 bits per heavy atom. The molecule has 0 aliphatic heterocycles. The summed E-state index contributed by atoms with van der Waals surface area (Å²) >= 11 is 0. The number of rotatable bonds is 10. The SMILES string of the molecule is CC(C)CN(CC(C)C)c1ccc([C@@H]2[C@@H](C(=O)O)C2(C)C)cc1NC(=O)Cc1ccccc1F. The summed E-state index contributed by atoms with van der Waals surface area (Å²) in [6.45, 7) is 14.2. The molecule has 1 aliphatic rings. The van der Waals surface area contributed by atoms with Gasteiger partial charge in [0.2, 0.25) is 5.91 Å². The van der Waals surface area contributed by atoms with Crippen molar-refractivity contribution in [2.45, 2.75) is 53.9 Å². The molecule has 0 heterocycles. The quantitative estimate of drug-likeness (QED) is 0.452. The number of carbonyl (C=O) groups excluding carboxylic acids is 1. The third-order valence-electron chi connectivity index (χ3n) is 6.57. The van der Waals surface area contributed by atoms with Crippen LogP contribution in [0, 0.1) is 29.0 Å². The minimum atomic E-state index is -0.801. The van der Waals surface area contributed by atoms with Crippen molar-refractivity contribution in [1.82, 2.24) is 0 Å². The van der Waals surface area contributed by atoms with Crippen LogP contribution in [0.1, 0.15) is 58.6 Å². The number of nitrogens with one attached hydrogen (secondary N) is 1. The summed E-state index contributed by atoms with van der Waals surface area (Å²) in [5, 5.41) is 12.7. The number of benzene rings is 2. The average molecular weight is 469 g/mol. The van der Waals surface area contributed by atoms with Gasteiger partial charge in [0.05, 0.1) is 23.7 Å². The number of hydrogen-bond donors (Lipinski definition) is 2. The zero-order chi connectivity index (χ0) is 25.2. The van der Waals surface area contributed by atoms with E-state index in [-0.39, 0.29) is 23.7 Å². The molecule has 3 rings (SSSR count). The van der Waals surface area contributed by atoms with Gasteiger partial charge in [-0.15, -0.1) is 0 Å². The number of carboxylic acid groups (broad SMARTS) is 1. The maximum Gasteiger partial charge on any atom is 0.307 e. The van der Waals surface area contributed by atoms with E-state index in [1.54, 1.807) is 18.2 Å².